The number of benzene rings is 2. The molecule has 0 atom stereocenters. The van der Waals surface area contributed by atoms with E-state index in [1.165, 1.54) is 21.9 Å². The van der Waals surface area contributed by atoms with E-state index < -0.39 is 0 Å². The number of nitrogens with two attached hydrogens (primary N) is 1. The van der Waals surface area contributed by atoms with Crippen LogP contribution >= 0.6 is 0 Å². The third kappa shape index (κ3) is 2.26. The summed E-state index contributed by atoms with van der Waals surface area (Å²) in [6, 6.07) is 13.5. The van der Waals surface area contributed by atoms with Crippen molar-refractivity contribution in [3.8, 4) is 0 Å². The molecular formula is C17H21NO. The number of aryl methyl sites for hydroxylation is 1. The minimum absolute atomic E-state index is 0.207. The standard InChI is InChI=1S/C17H21NO/c1-13-3-4-15-10-16(6-5-14(15)9-13)17(7-2-8-18)11-19-12-17/h3-6,9-10H,2,7-8,11-12,18H2,1H3. The van der Waals surface area contributed by atoms with Crippen molar-refractivity contribution >= 4 is 10.8 Å². The maximum atomic E-state index is 5.66. The van der Waals surface area contributed by atoms with Crippen LogP contribution in [0.15, 0.2) is 36.4 Å². The molecule has 0 unspecified atom stereocenters. The molecule has 19 heavy (non-hydrogen) atoms. The highest BCUT2D eigenvalue weighted by Gasteiger charge is 2.39. The predicted molar refractivity (Wildman–Crippen MR) is 79.5 cm³/mol. The molecule has 1 aliphatic heterocycles. The van der Waals surface area contributed by atoms with Crippen LogP contribution < -0.4 is 5.73 Å². The van der Waals surface area contributed by atoms with E-state index in [2.05, 4.69) is 43.3 Å². The van der Waals surface area contributed by atoms with Gasteiger partial charge in [-0.1, -0.05) is 42.0 Å². The minimum Gasteiger partial charge on any atom is -0.379 e. The van der Waals surface area contributed by atoms with Crippen LogP contribution in [0.25, 0.3) is 10.8 Å². The van der Waals surface area contributed by atoms with Crippen molar-refractivity contribution in [3.05, 3.63) is 47.5 Å². The summed E-state index contributed by atoms with van der Waals surface area (Å²) in [4.78, 5) is 0. The maximum absolute atomic E-state index is 5.66. The summed E-state index contributed by atoms with van der Waals surface area (Å²) in [7, 11) is 0. The van der Waals surface area contributed by atoms with Crippen LogP contribution in [0.1, 0.15) is 24.0 Å². The number of hydrogen-bond donors (Lipinski definition) is 1. The molecular weight excluding hydrogens is 234 g/mol. The Morgan fingerprint density at radius 1 is 1.11 bits per heavy atom. The Balaban J connectivity index is 1.97. The van der Waals surface area contributed by atoms with Gasteiger partial charge in [-0.05, 0) is 42.6 Å². The van der Waals surface area contributed by atoms with Crippen LogP contribution in [0.2, 0.25) is 0 Å². The third-order valence-corrected chi connectivity index (χ3v) is 4.22. The zero-order chi connectivity index (χ0) is 13.3. The third-order valence-electron chi connectivity index (χ3n) is 4.22. The molecule has 0 aromatic heterocycles. The fourth-order valence-corrected chi connectivity index (χ4v) is 2.94. The lowest BCUT2D eigenvalue weighted by atomic mass is 9.74. The van der Waals surface area contributed by atoms with E-state index in [0.29, 0.717) is 0 Å². The zero-order valence-electron chi connectivity index (χ0n) is 11.5. The van der Waals surface area contributed by atoms with Gasteiger partial charge < -0.3 is 10.5 Å². The molecule has 0 spiro atoms. The predicted octanol–water partition coefficient (Wildman–Crippen LogP) is 3.16. The zero-order valence-corrected chi connectivity index (χ0v) is 11.5. The Morgan fingerprint density at radius 3 is 2.53 bits per heavy atom. The molecule has 1 heterocycles. The second-order valence-electron chi connectivity index (χ2n) is 5.73. The minimum atomic E-state index is 0.207. The Morgan fingerprint density at radius 2 is 1.84 bits per heavy atom. The Kier molecular flexibility index (Phi) is 3.29. The number of hydrogen-bond acceptors (Lipinski definition) is 2. The van der Waals surface area contributed by atoms with E-state index in [9.17, 15) is 0 Å². The molecule has 0 saturated carbocycles. The Labute approximate surface area is 114 Å². The van der Waals surface area contributed by atoms with Gasteiger partial charge in [0.2, 0.25) is 0 Å². The number of ether oxygens (including phenoxy) is 1. The highest BCUT2D eigenvalue weighted by Crippen LogP contribution is 2.38. The largest absolute Gasteiger partial charge is 0.379 e. The van der Waals surface area contributed by atoms with Crippen molar-refractivity contribution in [1.29, 1.82) is 0 Å². The molecule has 0 bridgehead atoms. The lowest BCUT2D eigenvalue weighted by Crippen LogP contribution is -2.47. The fourth-order valence-electron chi connectivity index (χ4n) is 2.94. The fraction of sp³-hybridized carbons (Fsp3) is 0.412. The first kappa shape index (κ1) is 12.6. The molecule has 0 amide bonds. The van der Waals surface area contributed by atoms with E-state index in [4.69, 9.17) is 10.5 Å². The van der Waals surface area contributed by atoms with Gasteiger partial charge in [0.05, 0.1) is 13.2 Å². The average Bonchev–Trinajstić information content (AvgIpc) is 2.37. The van der Waals surface area contributed by atoms with E-state index in [0.717, 1.165) is 32.6 Å². The topological polar surface area (TPSA) is 35.2 Å². The van der Waals surface area contributed by atoms with E-state index in [1.54, 1.807) is 0 Å². The van der Waals surface area contributed by atoms with E-state index in [1.807, 2.05) is 0 Å². The van der Waals surface area contributed by atoms with Crippen LogP contribution in [-0.2, 0) is 10.2 Å². The highest BCUT2D eigenvalue weighted by molar-refractivity contribution is 5.84. The normalized spacial score (nSPS) is 17.4. The van der Waals surface area contributed by atoms with Crippen LogP contribution in [0.3, 0.4) is 0 Å². The van der Waals surface area contributed by atoms with Crippen molar-refractivity contribution in [2.45, 2.75) is 25.2 Å². The molecule has 1 fully saturated rings. The van der Waals surface area contributed by atoms with Gasteiger partial charge in [-0.25, -0.2) is 0 Å². The molecule has 100 valence electrons. The van der Waals surface area contributed by atoms with Gasteiger partial charge >= 0.3 is 0 Å². The maximum Gasteiger partial charge on any atom is 0.0585 e. The van der Waals surface area contributed by atoms with Gasteiger partial charge in [-0.15, -0.1) is 0 Å². The van der Waals surface area contributed by atoms with Gasteiger partial charge in [-0.3, -0.25) is 0 Å². The first-order chi connectivity index (χ1) is 9.23. The smallest absolute Gasteiger partial charge is 0.0585 e. The lowest BCUT2D eigenvalue weighted by molar-refractivity contribution is -0.0648. The summed E-state index contributed by atoms with van der Waals surface area (Å²) in [6.45, 7) is 4.57. The monoisotopic (exact) mass is 255 g/mol. The summed E-state index contributed by atoms with van der Waals surface area (Å²) in [5.74, 6) is 0. The van der Waals surface area contributed by atoms with Crippen LogP contribution in [0.4, 0.5) is 0 Å². The molecule has 2 nitrogen and oxygen atoms in total. The summed E-state index contributed by atoms with van der Waals surface area (Å²) in [5, 5.41) is 2.64. The SMILES string of the molecule is Cc1ccc2cc(C3(CCCN)COC3)ccc2c1. The summed E-state index contributed by atoms with van der Waals surface area (Å²) in [6.07, 6.45) is 2.19. The van der Waals surface area contributed by atoms with Gasteiger partial charge in [0, 0.05) is 5.41 Å². The van der Waals surface area contributed by atoms with E-state index in [-0.39, 0.29) is 5.41 Å². The van der Waals surface area contributed by atoms with Gasteiger partial charge in [0.25, 0.3) is 0 Å². The van der Waals surface area contributed by atoms with Gasteiger partial charge in [0.1, 0.15) is 0 Å². The van der Waals surface area contributed by atoms with Crippen LogP contribution in [-0.4, -0.2) is 19.8 Å². The molecule has 1 aliphatic rings. The molecule has 2 aromatic rings. The highest BCUT2D eigenvalue weighted by atomic mass is 16.5. The van der Waals surface area contributed by atoms with Crippen molar-refractivity contribution < 1.29 is 4.74 Å². The van der Waals surface area contributed by atoms with Crippen molar-refractivity contribution in [2.75, 3.05) is 19.8 Å². The molecule has 2 aromatic carbocycles. The van der Waals surface area contributed by atoms with E-state index >= 15 is 0 Å². The van der Waals surface area contributed by atoms with Crippen LogP contribution in [0.5, 0.6) is 0 Å². The quantitative estimate of drug-likeness (QED) is 0.911. The number of rotatable bonds is 4. The molecule has 0 aliphatic carbocycles. The first-order valence-electron chi connectivity index (χ1n) is 7.02. The Hall–Kier alpha value is -1.38. The van der Waals surface area contributed by atoms with Crippen molar-refractivity contribution in [3.63, 3.8) is 0 Å². The Bertz CT molecular complexity index is 587. The van der Waals surface area contributed by atoms with Gasteiger partial charge in [-0.2, -0.15) is 0 Å². The second-order valence-corrected chi connectivity index (χ2v) is 5.73. The second kappa shape index (κ2) is 4.95. The lowest BCUT2D eigenvalue weighted by Gasteiger charge is -2.42. The molecule has 2 heteroatoms. The molecule has 1 saturated heterocycles. The molecule has 0 radical (unpaired) electrons. The van der Waals surface area contributed by atoms with Crippen molar-refractivity contribution in [1.82, 2.24) is 0 Å². The van der Waals surface area contributed by atoms with Crippen molar-refractivity contribution in [2.24, 2.45) is 5.73 Å². The molecule has 2 N–H and O–H groups in total. The molecule has 3 rings (SSSR count). The summed E-state index contributed by atoms with van der Waals surface area (Å²) >= 11 is 0. The van der Waals surface area contributed by atoms with Crippen LogP contribution in [0, 0.1) is 6.92 Å². The number of fused-ring (bicyclic) bond motifs is 1. The van der Waals surface area contributed by atoms with Gasteiger partial charge in [0.15, 0.2) is 0 Å². The summed E-state index contributed by atoms with van der Waals surface area (Å²) < 4.78 is 5.48. The first-order valence-corrected chi connectivity index (χ1v) is 7.02. The average molecular weight is 255 g/mol. The summed E-state index contributed by atoms with van der Waals surface area (Å²) in [5.41, 5.74) is 8.58.